The summed E-state index contributed by atoms with van der Waals surface area (Å²) in [6.45, 7) is 2.24. The molecule has 0 aromatic carbocycles. The molecule has 0 aliphatic carbocycles. The standard InChI is InChI=1S/C14H27NO2/c1-2-3-4-5-6-7-8-9-10-11-12-13-14(16)17-15/h12-13H,2-11,15H2,1H3/b13-12+. The molecule has 2 N–H and O–H groups in total. The Labute approximate surface area is 105 Å². The number of rotatable bonds is 11. The Bertz CT molecular complexity index is 202. The molecule has 0 unspecified atom stereocenters. The van der Waals surface area contributed by atoms with Gasteiger partial charge in [-0.1, -0.05) is 64.4 Å². The Morgan fingerprint density at radius 3 is 2.06 bits per heavy atom. The molecular formula is C14H27NO2. The van der Waals surface area contributed by atoms with E-state index in [4.69, 9.17) is 5.90 Å². The molecule has 0 atom stereocenters. The molecule has 0 aromatic heterocycles. The van der Waals surface area contributed by atoms with Crippen LogP contribution in [-0.4, -0.2) is 5.97 Å². The first-order valence-corrected chi connectivity index (χ1v) is 6.88. The Hall–Kier alpha value is -0.830. The maximum absolute atomic E-state index is 10.6. The summed E-state index contributed by atoms with van der Waals surface area (Å²) < 4.78 is 0. The van der Waals surface area contributed by atoms with Crippen molar-refractivity contribution in [3.8, 4) is 0 Å². The van der Waals surface area contributed by atoms with Gasteiger partial charge in [0.15, 0.2) is 0 Å². The van der Waals surface area contributed by atoms with Gasteiger partial charge in [0.05, 0.1) is 0 Å². The first-order chi connectivity index (χ1) is 8.31. The second-order valence-corrected chi connectivity index (χ2v) is 4.46. The predicted octanol–water partition coefficient (Wildman–Crippen LogP) is 3.88. The minimum absolute atomic E-state index is 0.471. The summed E-state index contributed by atoms with van der Waals surface area (Å²) in [6, 6.07) is 0. The maximum atomic E-state index is 10.6. The predicted molar refractivity (Wildman–Crippen MR) is 71.3 cm³/mol. The van der Waals surface area contributed by atoms with Crippen LogP contribution in [0.3, 0.4) is 0 Å². The van der Waals surface area contributed by atoms with Crippen LogP contribution >= 0.6 is 0 Å². The van der Waals surface area contributed by atoms with Crippen LogP contribution in [0.15, 0.2) is 12.2 Å². The number of hydrogen-bond acceptors (Lipinski definition) is 3. The lowest BCUT2D eigenvalue weighted by Crippen LogP contribution is -2.05. The van der Waals surface area contributed by atoms with Crippen LogP contribution in [0.2, 0.25) is 0 Å². The third kappa shape index (κ3) is 13.1. The van der Waals surface area contributed by atoms with E-state index in [1.807, 2.05) is 6.08 Å². The Morgan fingerprint density at radius 1 is 1.00 bits per heavy atom. The molecule has 3 nitrogen and oxygen atoms in total. The molecule has 0 heterocycles. The molecule has 0 saturated carbocycles. The highest BCUT2D eigenvalue weighted by atomic mass is 16.7. The summed E-state index contributed by atoms with van der Waals surface area (Å²) in [5, 5.41) is 0. The van der Waals surface area contributed by atoms with E-state index in [2.05, 4.69) is 11.8 Å². The third-order valence-corrected chi connectivity index (χ3v) is 2.84. The Morgan fingerprint density at radius 2 is 1.53 bits per heavy atom. The highest BCUT2D eigenvalue weighted by Crippen LogP contribution is 2.10. The van der Waals surface area contributed by atoms with E-state index in [-0.39, 0.29) is 0 Å². The zero-order chi connectivity index (χ0) is 12.8. The summed E-state index contributed by atoms with van der Waals surface area (Å²) in [4.78, 5) is 14.7. The van der Waals surface area contributed by atoms with Crippen LogP contribution in [0.4, 0.5) is 0 Å². The summed E-state index contributed by atoms with van der Waals surface area (Å²) in [5.41, 5.74) is 0. The highest BCUT2D eigenvalue weighted by Gasteiger charge is 1.92. The van der Waals surface area contributed by atoms with Crippen molar-refractivity contribution in [3.05, 3.63) is 12.2 Å². The van der Waals surface area contributed by atoms with Crippen molar-refractivity contribution >= 4 is 5.97 Å². The van der Waals surface area contributed by atoms with Gasteiger partial charge in [0.1, 0.15) is 0 Å². The zero-order valence-electron chi connectivity index (χ0n) is 11.1. The lowest BCUT2D eigenvalue weighted by molar-refractivity contribution is -0.138. The highest BCUT2D eigenvalue weighted by molar-refractivity contribution is 5.81. The fourth-order valence-corrected chi connectivity index (χ4v) is 1.79. The quantitative estimate of drug-likeness (QED) is 0.339. The topological polar surface area (TPSA) is 52.3 Å². The lowest BCUT2D eigenvalue weighted by Gasteiger charge is -2.00. The van der Waals surface area contributed by atoms with Crippen molar-refractivity contribution in [2.45, 2.75) is 71.1 Å². The van der Waals surface area contributed by atoms with Gasteiger partial charge in [-0.3, -0.25) is 0 Å². The van der Waals surface area contributed by atoms with Crippen LogP contribution in [0.5, 0.6) is 0 Å². The van der Waals surface area contributed by atoms with Gasteiger partial charge in [0.2, 0.25) is 0 Å². The van der Waals surface area contributed by atoms with Crippen molar-refractivity contribution in [2.24, 2.45) is 5.90 Å². The Balaban J connectivity index is 3.08. The normalized spacial score (nSPS) is 10.9. The van der Waals surface area contributed by atoms with E-state index in [1.54, 1.807) is 0 Å². The second kappa shape index (κ2) is 13.2. The average Bonchev–Trinajstić information content (AvgIpc) is 2.35. The molecule has 0 spiro atoms. The van der Waals surface area contributed by atoms with Crippen LogP contribution in [0, 0.1) is 0 Å². The van der Waals surface area contributed by atoms with Crippen molar-refractivity contribution in [1.29, 1.82) is 0 Å². The molecule has 0 aliphatic rings. The number of allylic oxidation sites excluding steroid dienone is 1. The smallest absolute Gasteiger partial charge is 0.348 e. The van der Waals surface area contributed by atoms with Crippen LogP contribution in [0.25, 0.3) is 0 Å². The van der Waals surface area contributed by atoms with E-state index in [0.717, 1.165) is 12.8 Å². The average molecular weight is 241 g/mol. The van der Waals surface area contributed by atoms with Gasteiger partial charge in [-0.15, -0.1) is 0 Å². The lowest BCUT2D eigenvalue weighted by atomic mass is 10.1. The molecular weight excluding hydrogens is 214 g/mol. The van der Waals surface area contributed by atoms with Gasteiger partial charge in [-0.25, -0.2) is 4.79 Å². The van der Waals surface area contributed by atoms with E-state index in [0.29, 0.717) is 0 Å². The molecule has 0 aliphatic heterocycles. The SMILES string of the molecule is CCCCCCCCCCC/C=C/C(=O)ON. The molecule has 0 amide bonds. The molecule has 100 valence electrons. The van der Waals surface area contributed by atoms with Gasteiger partial charge in [-0.05, 0) is 12.8 Å². The van der Waals surface area contributed by atoms with E-state index in [1.165, 1.54) is 57.4 Å². The van der Waals surface area contributed by atoms with E-state index < -0.39 is 5.97 Å². The van der Waals surface area contributed by atoms with Gasteiger partial charge in [0.25, 0.3) is 0 Å². The number of carbonyl (C=O) groups is 1. The largest absolute Gasteiger partial charge is 0.370 e. The summed E-state index contributed by atoms with van der Waals surface area (Å²) in [7, 11) is 0. The van der Waals surface area contributed by atoms with E-state index in [9.17, 15) is 4.79 Å². The van der Waals surface area contributed by atoms with Crippen molar-refractivity contribution in [1.82, 2.24) is 0 Å². The number of hydrogen-bond donors (Lipinski definition) is 1. The van der Waals surface area contributed by atoms with Crippen molar-refractivity contribution < 1.29 is 9.63 Å². The maximum Gasteiger partial charge on any atom is 0.348 e. The zero-order valence-corrected chi connectivity index (χ0v) is 11.1. The monoisotopic (exact) mass is 241 g/mol. The summed E-state index contributed by atoms with van der Waals surface area (Å²) in [6.07, 6.45) is 16.0. The molecule has 3 heteroatoms. The molecule has 0 fully saturated rings. The van der Waals surface area contributed by atoms with Gasteiger partial charge in [0, 0.05) is 6.08 Å². The molecule has 0 aromatic rings. The number of unbranched alkanes of at least 4 members (excludes halogenated alkanes) is 9. The molecule has 0 radical (unpaired) electrons. The van der Waals surface area contributed by atoms with Gasteiger partial charge < -0.3 is 4.84 Å². The minimum atomic E-state index is -0.471. The van der Waals surface area contributed by atoms with Crippen molar-refractivity contribution in [2.75, 3.05) is 0 Å². The van der Waals surface area contributed by atoms with Crippen LogP contribution in [0.1, 0.15) is 71.1 Å². The molecule has 0 saturated heterocycles. The third-order valence-electron chi connectivity index (χ3n) is 2.84. The summed E-state index contributed by atoms with van der Waals surface area (Å²) >= 11 is 0. The summed E-state index contributed by atoms with van der Waals surface area (Å²) in [5.74, 6) is 4.23. The Kier molecular flexibility index (Phi) is 12.6. The van der Waals surface area contributed by atoms with Gasteiger partial charge >= 0.3 is 5.97 Å². The second-order valence-electron chi connectivity index (χ2n) is 4.46. The van der Waals surface area contributed by atoms with Gasteiger partial charge in [-0.2, -0.15) is 5.90 Å². The fraction of sp³-hybridized carbons (Fsp3) is 0.786. The van der Waals surface area contributed by atoms with Crippen molar-refractivity contribution in [3.63, 3.8) is 0 Å². The molecule has 17 heavy (non-hydrogen) atoms. The van der Waals surface area contributed by atoms with E-state index >= 15 is 0 Å². The minimum Gasteiger partial charge on any atom is -0.370 e. The number of carbonyl (C=O) groups excluding carboxylic acids is 1. The first kappa shape index (κ1) is 16.2. The fourth-order valence-electron chi connectivity index (χ4n) is 1.79. The molecule has 0 rings (SSSR count). The first-order valence-electron chi connectivity index (χ1n) is 6.88. The number of nitrogens with two attached hydrogens (primary N) is 1. The molecule has 0 bridgehead atoms. The van der Waals surface area contributed by atoms with Crippen LogP contribution < -0.4 is 5.90 Å². The van der Waals surface area contributed by atoms with Crippen LogP contribution in [-0.2, 0) is 9.63 Å².